The van der Waals surface area contributed by atoms with E-state index >= 15 is 0 Å². The molecule has 33 heavy (non-hydrogen) atoms. The minimum absolute atomic E-state index is 0.131. The summed E-state index contributed by atoms with van der Waals surface area (Å²) in [5.41, 5.74) is 0.995. The van der Waals surface area contributed by atoms with Crippen LogP contribution >= 0.6 is 11.6 Å². The van der Waals surface area contributed by atoms with Gasteiger partial charge in [-0.1, -0.05) is 35.9 Å². The van der Waals surface area contributed by atoms with Gasteiger partial charge < -0.3 is 9.64 Å². The highest BCUT2D eigenvalue weighted by Gasteiger charge is 2.23. The van der Waals surface area contributed by atoms with Crippen molar-refractivity contribution in [2.24, 2.45) is 0 Å². The number of nitrogens with one attached hydrogen (secondary N) is 1. The molecule has 0 aliphatic heterocycles. The van der Waals surface area contributed by atoms with Crippen LogP contribution < -0.4 is 14.4 Å². The Morgan fingerprint density at radius 2 is 1.79 bits per heavy atom. The van der Waals surface area contributed by atoms with E-state index in [2.05, 4.69) is 4.72 Å². The third-order valence-electron chi connectivity index (χ3n) is 4.93. The van der Waals surface area contributed by atoms with Gasteiger partial charge in [0.1, 0.15) is 11.6 Å². The highest BCUT2D eigenvalue weighted by molar-refractivity contribution is 7.89. The lowest BCUT2D eigenvalue weighted by Gasteiger charge is -2.21. The second-order valence-electron chi connectivity index (χ2n) is 7.18. The second kappa shape index (κ2) is 10.8. The van der Waals surface area contributed by atoms with Crippen LogP contribution in [0.4, 0.5) is 10.1 Å². The third kappa shape index (κ3) is 6.10. The smallest absolute Gasteiger partial charge is 0.261 e. The largest absolute Gasteiger partial charge is 0.492 e. The maximum absolute atomic E-state index is 14.5. The van der Waals surface area contributed by atoms with Gasteiger partial charge in [0.2, 0.25) is 10.0 Å². The molecule has 0 spiro atoms. The van der Waals surface area contributed by atoms with E-state index in [1.165, 1.54) is 11.9 Å². The summed E-state index contributed by atoms with van der Waals surface area (Å²) in [4.78, 5) is 14.1. The van der Waals surface area contributed by atoms with E-state index < -0.39 is 21.7 Å². The summed E-state index contributed by atoms with van der Waals surface area (Å²) >= 11 is 5.86. The SMILES string of the molecule is CCOc1ccccc1N(C)C(=O)c1cc(S(=O)(=O)NCCc2ccc(Cl)cc2)ccc1F. The first-order chi connectivity index (χ1) is 15.7. The first kappa shape index (κ1) is 24.7. The molecule has 0 aliphatic carbocycles. The highest BCUT2D eigenvalue weighted by Crippen LogP contribution is 2.29. The fourth-order valence-corrected chi connectivity index (χ4v) is 4.39. The predicted octanol–water partition coefficient (Wildman–Crippen LogP) is 4.68. The molecular weight excluding hydrogens is 467 g/mol. The van der Waals surface area contributed by atoms with Gasteiger partial charge in [-0.25, -0.2) is 17.5 Å². The number of para-hydroxylation sites is 2. The molecule has 0 saturated heterocycles. The Labute approximate surface area is 198 Å². The Morgan fingerprint density at radius 1 is 1.09 bits per heavy atom. The van der Waals surface area contributed by atoms with Crippen LogP contribution in [0.2, 0.25) is 5.02 Å². The van der Waals surface area contributed by atoms with E-state index in [0.717, 1.165) is 23.8 Å². The molecule has 6 nitrogen and oxygen atoms in total. The zero-order valence-corrected chi connectivity index (χ0v) is 19.8. The Kier molecular flexibility index (Phi) is 8.07. The number of nitrogens with zero attached hydrogens (tertiary/aromatic N) is 1. The zero-order valence-electron chi connectivity index (χ0n) is 18.2. The Hall–Kier alpha value is -2.94. The van der Waals surface area contributed by atoms with E-state index in [9.17, 15) is 17.6 Å². The maximum atomic E-state index is 14.5. The number of benzene rings is 3. The normalized spacial score (nSPS) is 11.3. The number of sulfonamides is 1. The van der Waals surface area contributed by atoms with Gasteiger partial charge in [-0.2, -0.15) is 0 Å². The number of amides is 1. The Bertz CT molecular complexity index is 1230. The van der Waals surface area contributed by atoms with E-state index in [1.54, 1.807) is 48.5 Å². The summed E-state index contributed by atoms with van der Waals surface area (Å²) in [6.07, 6.45) is 0.445. The van der Waals surface area contributed by atoms with Gasteiger partial charge in [0.05, 0.1) is 22.8 Å². The van der Waals surface area contributed by atoms with Crippen LogP contribution in [0.15, 0.2) is 71.6 Å². The van der Waals surface area contributed by atoms with Crippen molar-refractivity contribution in [1.29, 1.82) is 0 Å². The van der Waals surface area contributed by atoms with Gasteiger partial charge in [0.25, 0.3) is 5.91 Å². The highest BCUT2D eigenvalue weighted by atomic mass is 35.5. The standard InChI is InChI=1S/C24H24ClFN2O4S/c1-3-32-23-7-5-4-6-22(23)28(2)24(29)20-16-19(12-13-21(20)26)33(30,31)27-15-14-17-8-10-18(25)11-9-17/h4-13,16,27H,3,14-15H2,1-2H3. The van der Waals surface area contributed by atoms with Crippen molar-refractivity contribution >= 4 is 33.2 Å². The lowest BCUT2D eigenvalue weighted by molar-refractivity contribution is 0.0988. The van der Waals surface area contributed by atoms with E-state index in [4.69, 9.17) is 16.3 Å². The lowest BCUT2D eigenvalue weighted by Crippen LogP contribution is -2.29. The van der Waals surface area contributed by atoms with E-state index in [-0.39, 0.29) is 17.0 Å². The van der Waals surface area contributed by atoms with Crippen LogP contribution in [0.3, 0.4) is 0 Å². The van der Waals surface area contributed by atoms with Gasteiger partial charge in [-0.05, 0) is 61.4 Å². The molecule has 0 saturated carbocycles. The summed E-state index contributed by atoms with van der Waals surface area (Å²) in [6, 6.07) is 17.1. The van der Waals surface area contributed by atoms with Crippen LogP contribution in [0.1, 0.15) is 22.8 Å². The monoisotopic (exact) mass is 490 g/mol. The first-order valence-corrected chi connectivity index (χ1v) is 12.1. The molecule has 0 bridgehead atoms. The van der Waals surface area contributed by atoms with Gasteiger partial charge >= 0.3 is 0 Å². The number of hydrogen-bond donors (Lipinski definition) is 1. The summed E-state index contributed by atoms with van der Waals surface area (Å²) in [5.74, 6) is -1.05. The molecule has 0 aromatic heterocycles. The van der Waals surface area contributed by atoms with Crippen LogP contribution in [0.25, 0.3) is 0 Å². The summed E-state index contributed by atoms with van der Waals surface area (Å²) in [6.45, 7) is 2.33. The second-order valence-corrected chi connectivity index (χ2v) is 9.38. The van der Waals surface area contributed by atoms with Crippen LogP contribution in [-0.4, -0.2) is 34.5 Å². The third-order valence-corrected chi connectivity index (χ3v) is 6.64. The van der Waals surface area contributed by atoms with Gasteiger partial charge in [-0.3, -0.25) is 4.79 Å². The molecule has 3 rings (SSSR count). The van der Waals surface area contributed by atoms with Crippen LogP contribution in [0.5, 0.6) is 5.75 Å². The fraction of sp³-hybridized carbons (Fsp3) is 0.208. The molecule has 0 unspecified atom stereocenters. The average molecular weight is 491 g/mol. The minimum Gasteiger partial charge on any atom is -0.492 e. The van der Waals surface area contributed by atoms with Gasteiger partial charge in [0, 0.05) is 18.6 Å². The number of halogens is 2. The fourth-order valence-electron chi connectivity index (χ4n) is 3.20. The Balaban J connectivity index is 1.79. The topological polar surface area (TPSA) is 75.7 Å². The lowest BCUT2D eigenvalue weighted by atomic mass is 10.1. The minimum atomic E-state index is -3.96. The molecule has 1 amide bonds. The number of hydrogen-bond acceptors (Lipinski definition) is 4. The Morgan fingerprint density at radius 3 is 2.48 bits per heavy atom. The van der Waals surface area contributed by atoms with Gasteiger partial charge in [-0.15, -0.1) is 0 Å². The molecule has 3 aromatic carbocycles. The van der Waals surface area contributed by atoms with Crippen LogP contribution in [-0.2, 0) is 16.4 Å². The van der Waals surface area contributed by atoms with Crippen molar-refractivity contribution in [3.8, 4) is 5.75 Å². The summed E-state index contributed by atoms with van der Waals surface area (Å²) in [5, 5.41) is 0.594. The van der Waals surface area contributed by atoms with Crippen molar-refractivity contribution in [1.82, 2.24) is 4.72 Å². The molecule has 1 N–H and O–H groups in total. The molecule has 9 heteroatoms. The molecular formula is C24H24ClFN2O4S. The number of ether oxygens (including phenoxy) is 1. The number of carbonyl (C=O) groups is 1. The molecule has 3 aromatic rings. The van der Waals surface area contributed by atoms with Crippen molar-refractivity contribution in [3.05, 3.63) is 88.7 Å². The van der Waals surface area contributed by atoms with Crippen LogP contribution in [0, 0.1) is 5.82 Å². The summed E-state index contributed by atoms with van der Waals surface area (Å²) in [7, 11) is -2.48. The molecule has 0 fully saturated rings. The van der Waals surface area contributed by atoms with Crippen molar-refractivity contribution in [2.45, 2.75) is 18.2 Å². The zero-order chi connectivity index (χ0) is 24.0. The van der Waals surface area contributed by atoms with Gasteiger partial charge in [0.15, 0.2) is 0 Å². The van der Waals surface area contributed by atoms with E-state index in [1.807, 2.05) is 6.92 Å². The quantitative estimate of drug-likeness (QED) is 0.472. The van der Waals surface area contributed by atoms with E-state index in [0.29, 0.717) is 29.5 Å². The predicted molar refractivity (Wildman–Crippen MR) is 127 cm³/mol. The number of anilines is 1. The van der Waals surface area contributed by atoms with Crippen molar-refractivity contribution in [3.63, 3.8) is 0 Å². The molecule has 174 valence electrons. The molecule has 0 atom stereocenters. The average Bonchev–Trinajstić information content (AvgIpc) is 2.80. The maximum Gasteiger partial charge on any atom is 0.261 e. The summed E-state index contributed by atoms with van der Waals surface area (Å²) < 4.78 is 48.0. The number of rotatable bonds is 9. The molecule has 0 aliphatic rings. The molecule has 0 radical (unpaired) electrons. The van der Waals surface area contributed by atoms with Crippen molar-refractivity contribution < 1.29 is 22.3 Å². The molecule has 0 heterocycles. The number of carbonyl (C=O) groups excluding carboxylic acids is 1. The first-order valence-electron chi connectivity index (χ1n) is 10.3. The van der Waals surface area contributed by atoms with Crippen molar-refractivity contribution in [2.75, 3.05) is 25.1 Å².